The number of benzene rings is 5. The summed E-state index contributed by atoms with van der Waals surface area (Å²) in [5.74, 6) is 1.93. The van der Waals surface area contributed by atoms with Crippen LogP contribution in [-0.2, 0) is 9.67 Å². The molecule has 0 saturated carbocycles. The SMILES string of the molecule is COc1cc2ccccc2cc1C1(c2ccc3cc([I-]c4ccccc4)ccc3c2)OCCCS1. The molecule has 176 valence electrons. The van der Waals surface area contributed by atoms with Gasteiger partial charge in [0.15, 0.2) is 0 Å². The van der Waals surface area contributed by atoms with E-state index in [4.69, 9.17) is 9.47 Å². The minimum absolute atomic E-state index is 0.184. The zero-order valence-electron chi connectivity index (χ0n) is 19.5. The van der Waals surface area contributed by atoms with E-state index in [9.17, 15) is 0 Å². The molecule has 0 N–H and O–H groups in total. The maximum atomic E-state index is 6.67. The third kappa shape index (κ3) is 4.44. The van der Waals surface area contributed by atoms with Gasteiger partial charge in [0, 0.05) is 0 Å². The number of thioether (sulfide) groups is 1. The molecule has 6 rings (SSSR count). The van der Waals surface area contributed by atoms with Crippen molar-refractivity contribution in [1.29, 1.82) is 0 Å². The fourth-order valence-corrected chi connectivity index (χ4v) is 8.41. The molecule has 5 aromatic rings. The summed E-state index contributed by atoms with van der Waals surface area (Å²) in [6.45, 7) is 0.738. The Hall–Kier alpha value is -2.54. The van der Waals surface area contributed by atoms with E-state index >= 15 is 0 Å². The first-order valence-electron chi connectivity index (χ1n) is 11.8. The number of hydrogen-bond donors (Lipinski definition) is 0. The summed E-state index contributed by atoms with van der Waals surface area (Å²) in [5.41, 5.74) is 2.27. The van der Waals surface area contributed by atoms with Gasteiger partial charge in [-0.15, -0.1) is 0 Å². The van der Waals surface area contributed by atoms with Crippen LogP contribution in [-0.4, -0.2) is 19.5 Å². The van der Waals surface area contributed by atoms with Crippen LogP contribution in [0.15, 0.2) is 103 Å². The van der Waals surface area contributed by atoms with Crippen molar-refractivity contribution in [2.45, 2.75) is 11.4 Å². The summed E-state index contributed by atoms with van der Waals surface area (Å²) in [4.78, 5) is -0.586. The van der Waals surface area contributed by atoms with Crippen LogP contribution in [0, 0.1) is 7.14 Å². The molecular weight excluding hydrogens is 563 g/mol. The van der Waals surface area contributed by atoms with Crippen molar-refractivity contribution in [3.05, 3.63) is 121 Å². The minimum atomic E-state index is -0.586. The Morgan fingerprint density at radius 2 is 1.46 bits per heavy atom. The summed E-state index contributed by atoms with van der Waals surface area (Å²) < 4.78 is 15.5. The molecule has 0 aliphatic carbocycles. The molecule has 1 fully saturated rings. The van der Waals surface area contributed by atoms with E-state index in [2.05, 4.69) is 103 Å². The first-order valence-corrected chi connectivity index (χ1v) is 15.0. The van der Waals surface area contributed by atoms with Gasteiger partial charge in [0.05, 0.1) is 0 Å². The van der Waals surface area contributed by atoms with Crippen molar-refractivity contribution in [1.82, 2.24) is 0 Å². The molecule has 35 heavy (non-hydrogen) atoms. The third-order valence-corrected chi connectivity index (χ3v) is 10.6. The molecule has 1 aliphatic rings. The summed E-state index contributed by atoms with van der Waals surface area (Å²) >= 11 is 1.69. The van der Waals surface area contributed by atoms with E-state index < -0.39 is 4.93 Å². The fourth-order valence-electron chi connectivity index (χ4n) is 4.74. The van der Waals surface area contributed by atoms with E-state index in [0.29, 0.717) is 0 Å². The van der Waals surface area contributed by atoms with Gasteiger partial charge in [-0.05, 0) is 0 Å². The molecule has 1 aliphatic heterocycles. The van der Waals surface area contributed by atoms with Crippen molar-refractivity contribution in [3.63, 3.8) is 0 Å². The number of fused-ring (bicyclic) bond motifs is 2. The van der Waals surface area contributed by atoms with Crippen LogP contribution in [0.25, 0.3) is 21.5 Å². The molecule has 4 heteroatoms. The van der Waals surface area contributed by atoms with E-state index in [1.54, 1.807) is 7.11 Å². The summed E-state index contributed by atoms with van der Waals surface area (Å²) in [6.07, 6.45) is 1.06. The number of methoxy groups -OCH3 is 1. The second kappa shape index (κ2) is 9.84. The van der Waals surface area contributed by atoms with Gasteiger partial charge in [0.25, 0.3) is 0 Å². The van der Waals surface area contributed by atoms with Crippen LogP contribution in [0.1, 0.15) is 17.5 Å². The molecule has 0 spiro atoms. The fraction of sp³-hybridized carbons (Fsp3) is 0.161. The number of hydrogen-bond acceptors (Lipinski definition) is 3. The van der Waals surface area contributed by atoms with Crippen LogP contribution < -0.4 is 25.9 Å². The summed E-state index contributed by atoms with van der Waals surface area (Å²) in [5, 5.41) is 4.91. The Kier molecular flexibility index (Phi) is 6.44. The second-order valence-corrected chi connectivity index (χ2v) is 13.0. The average molecular weight is 590 g/mol. The number of ether oxygens (including phenoxy) is 2. The maximum absolute atomic E-state index is 6.67. The third-order valence-electron chi connectivity index (χ3n) is 6.46. The van der Waals surface area contributed by atoms with Crippen molar-refractivity contribution in [2.75, 3.05) is 19.5 Å². The van der Waals surface area contributed by atoms with Gasteiger partial charge >= 0.3 is 216 Å². The molecule has 0 radical (unpaired) electrons. The Labute approximate surface area is 220 Å². The Balaban J connectivity index is 1.45. The quantitative estimate of drug-likeness (QED) is 0.282. The van der Waals surface area contributed by atoms with Gasteiger partial charge in [-0.25, -0.2) is 0 Å². The first-order chi connectivity index (χ1) is 17.2. The molecule has 0 amide bonds. The zero-order chi connectivity index (χ0) is 23.7. The average Bonchev–Trinajstić information content (AvgIpc) is 2.93. The number of rotatable bonds is 5. The van der Waals surface area contributed by atoms with Crippen molar-refractivity contribution in [2.24, 2.45) is 0 Å². The van der Waals surface area contributed by atoms with E-state index in [0.717, 1.165) is 30.1 Å². The van der Waals surface area contributed by atoms with Crippen LogP contribution in [0.3, 0.4) is 0 Å². The molecule has 1 heterocycles. The predicted molar refractivity (Wildman–Crippen MR) is 142 cm³/mol. The molecule has 2 nitrogen and oxygen atoms in total. The van der Waals surface area contributed by atoms with Crippen LogP contribution in [0.5, 0.6) is 5.75 Å². The van der Waals surface area contributed by atoms with Crippen LogP contribution in [0.2, 0.25) is 0 Å². The second-order valence-electron chi connectivity index (χ2n) is 8.66. The standard InChI is InChI=1S/C31H26IO2S/c1-33-30-21-23-9-6-5-8-22(23)20-29(30)31(34-16-7-17-35-31)26-14-12-25-19-28(15-13-24(25)18-26)32-27-10-3-2-4-11-27/h2-6,8-15,18-21H,7,16-17H2,1H3/q-1. The van der Waals surface area contributed by atoms with E-state index in [1.807, 2.05) is 11.8 Å². The van der Waals surface area contributed by atoms with E-state index in [-0.39, 0.29) is 21.2 Å². The van der Waals surface area contributed by atoms with Gasteiger partial charge in [-0.2, -0.15) is 0 Å². The Morgan fingerprint density at radius 3 is 2.23 bits per heavy atom. The first kappa shape index (κ1) is 22.9. The summed E-state index contributed by atoms with van der Waals surface area (Å²) in [6, 6.07) is 37.4. The Morgan fingerprint density at radius 1 is 0.743 bits per heavy atom. The van der Waals surface area contributed by atoms with Gasteiger partial charge < -0.3 is 0 Å². The topological polar surface area (TPSA) is 18.5 Å². The van der Waals surface area contributed by atoms with Crippen LogP contribution in [0.4, 0.5) is 0 Å². The van der Waals surface area contributed by atoms with Gasteiger partial charge in [0.2, 0.25) is 0 Å². The predicted octanol–water partition coefficient (Wildman–Crippen LogP) is 4.48. The van der Waals surface area contributed by atoms with Gasteiger partial charge in [0.1, 0.15) is 0 Å². The van der Waals surface area contributed by atoms with Crippen molar-refractivity contribution >= 4 is 33.3 Å². The molecule has 1 unspecified atom stereocenters. The molecule has 1 saturated heterocycles. The van der Waals surface area contributed by atoms with Crippen LogP contribution >= 0.6 is 11.8 Å². The molecule has 5 aromatic carbocycles. The number of halogens is 1. The molecular formula is C31H26IO2S-. The molecule has 0 aromatic heterocycles. The zero-order valence-corrected chi connectivity index (χ0v) is 22.5. The normalized spacial score (nSPS) is 18.2. The van der Waals surface area contributed by atoms with Crippen molar-refractivity contribution < 1.29 is 30.7 Å². The summed E-state index contributed by atoms with van der Waals surface area (Å²) in [7, 11) is 1.76. The van der Waals surface area contributed by atoms with Crippen molar-refractivity contribution in [3.8, 4) is 5.75 Å². The monoisotopic (exact) mass is 589 g/mol. The Bertz CT molecular complexity index is 1490. The molecule has 0 bridgehead atoms. The molecule has 1 atom stereocenters. The van der Waals surface area contributed by atoms with E-state index in [1.165, 1.54) is 34.2 Å². The van der Waals surface area contributed by atoms with Gasteiger partial charge in [-0.3, -0.25) is 0 Å². The van der Waals surface area contributed by atoms with Gasteiger partial charge in [-0.1, -0.05) is 6.07 Å².